The Labute approximate surface area is 161 Å². The van der Waals surface area contributed by atoms with Crippen LogP contribution in [0.15, 0.2) is 10.4 Å². The number of aryl methyl sites for hydroxylation is 1. The van der Waals surface area contributed by atoms with E-state index in [4.69, 9.17) is 4.74 Å². The van der Waals surface area contributed by atoms with Gasteiger partial charge in [-0.15, -0.1) is 10.2 Å². The maximum Gasteiger partial charge on any atom is 0.206 e. The van der Waals surface area contributed by atoms with Crippen LogP contribution in [0.25, 0.3) is 0 Å². The second kappa shape index (κ2) is 7.70. The fourth-order valence-corrected chi connectivity index (χ4v) is 5.00. The van der Waals surface area contributed by atoms with Crippen molar-refractivity contribution in [1.29, 1.82) is 0 Å². The molecule has 0 spiro atoms. The molecule has 0 radical (unpaired) electrons. The first-order chi connectivity index (χ1) is 12.6. The van der Waals surface area contributed by atoms with Crippen LogP contribution in [0.1, 0.15) is 47.4 Å². The first-order valence-electron chi connectivity index (χ1n) is 9.14. The number of ketones is 1. The molecule has 26 heavy (non-hydrogen) atoms. The lowest BCUT2D eigenvalue weighted by atomic mass is 10.2. The summed E-state index contributed by atoms with van der Waals surface area (Å²) in [6.45, 7) is 5.78. The fourth-order valence-electron chi connectivity index (χ4n) is 3.29. The van der Waals surface area contributed by atoms with Gasteiger partial charge in [-0.1, -0.05) is 23.1 Å². The van der Waals surface area contributed by atoms with E-state index in [1.807, 2.05) is 13.0 Å². The Hall–Kier alpha value is -1.38. The number of aromatic nitrogens is 3. The molecule has 140 valence electrons. The molecule has 2 fully saturated rings. The summed E-state index contributed by atoms with van der Waals surface area (Å²) >= 11 is 3.00. The minimum absolute atomic E-state index is 0.147. The van der Waals surface area contributed by atoms with Crippen molar-refractivity contribution in [1.82, 2.24) is 14.8 Å². The summed E-state index contributed by atoms with van der Waals surface area (Å²) in [6, 6.07) is 2.57. The molecular formula is C18H24N4O2S2. The Morgan fingerprint density at radius 3 is 2.96 bits per heavy atom. The summed E-state index contributed by atoms with van der Waals surface area (Å²) in [6.07, 6.45) is 4.93. The highest BCUT2D eigenvalue weighted by Gasteiger charge is 2.23. The molecule has 2 aromatic rings. The van der Waals surface area contributed by atoms with Gasteiger partial charge < -0.3 is 14.6 Å². The van der Waals surface area contributed by atoms with Crippen molar-refractivity contribution in [2.75, 3.05) is 17.7 Å². The summed E-state index contributed by atoms with van der Waals surface area (Å²) < 4.78 is 8.81. The Morgan fingerprint density at radius 2 is 2.23 bits per heavy atom. The van der Waals surface area contributed by atoms with Crippen molar-refractivity contribution in [2.45, 2.75) is 62.6 Å². The van der Waals surface area contributed by atoms with Crippen LogP contribution in [0.4, 0.5) is 5.13 Å². The lowest BCUT2D eigenvalue weighted by Gasteiger charge is -2.14. The van der Waals surface area contributed by atoms with Crippen molar-refractivity contribution in [3.8, 4) is 0 Å². The van der Waals surface area contributed by atoms with Gasteiger partial charge in [0.25, 0.3) is 0 Å². The molecule has 1 N–H and O–H groups in total. The molecule has 3 heterocycles. The van der Waals surface area contributed by atoms with Crippen LogP contribution in [0, 0.1) is 13.8 Å². The summed E-state index contributed by atoms with van der Waals surface area (Å²) in [5, 5.41) is 12.5. The molecule has 6 nitrogen and oxygen atoms in total. The summed E-state index contributed by atoms with van der Waals surface area (Å²) in [7, 11) is 0. The molecule has 1 saturated heterocycles. The number of hydrogen-bond donors (Lipinski definition) is 1. The van der Waals surface area contributed by atoms with Gasteiger partial charge in [0.15, 0.2) is 10.1 Å². The van der Waals surface area contributed by atoms with Gasteiger partial charge in [0.1, 0.15) is 0 Å². The van der Waals surface area contributed by atoms with Gasteiger partial charge in [-0.2, -0.15) is 0 Å². The zero-order valence-electron chi connectivity index (χ0n) is 15.2. The van der Waals surface area contributed by atoms with Gasteiger partial charge in [-0.3, -0.25) is 4.79 Å². The van der Waals surface area contributed by atoms with E-state index in [9.17, 15) is 4.79 Å². The normalized spacial score (nSPS) is 19.8. The Balaban J connectivity index is 1.37. The number of rotatable bonds is 8. The van der Waals surface area contributed by atoms with Crippen LogP contribution in [-0.2, 0) is 11.3 Å². The Morgan fingerprint density at radius 1 is 1.38 bits per heavy atom. The number of Topliss-reactive ketones (excluding diaryl/α,β-unsaturated/α-hetero) is 1. The lowest BCUT2D eigenvalue weighted by Crippen LogP contribution is -2.17. The molecule has 4 rings (SSSR count). The number of hydrogen-bond acceptors (Lipinski definition) is 7. The van der Waals surface area contributed by atoms with E-state index in [-0.39, 0.29) is 11.9 Å². The average Bonchev–Trinajstić information content (AvgIpc) is 3.00. The summed E-state index contributed by atoms with van der Waals surface area (Å²) in [4.78, 5) is 12.7. The number of thioether (sulfide) groups is 1. The van der Waals surface area contributed by atoms with Crippen LogP contribution in [-0.4, -0.2) is 45.1 Å². The number of nitrogens with zero attached hydrogens (tertiary/aromatic N) is 3. The molecule has 1 saturated carbocycles. The Kier molecular flexibility index (Phi) is 5.33. The van der Waals surface area contributed by atoms with Crippen LogP contribution in [0.5, 0.6) is 0 Å². The zero-order valence-corrected chi connectivity index (χ0v) is 16.8. The molecule has 1 aliphatic heterocycles. The zero-order chi connectivity index (χ0) is 18.1. The third-order valence-corrected chi connectivity index (χ3v) is 6.91. The predicted molar refractivity (Wildman–Crippen MR) is 104 cm³/mol. The third kappa shape index (κ3) is 4.13. The quantitative estimate of drug-likeness (QED) is 0.546. The van der Waals surface area contributed by atoms with Gasteiger partial charge in [0.05, 0.1) is 11.9 Å². The van der Waals surface area contributed by atoms with E-state index in [0.29, 0.717) is 11.8 Å². The number of nitrogens with one attached hydrogen (secondary N) is 1. The van der Waals surface area contributed by atoms with E-state index in [1.165, 1.54) is 35.9 Å². The molecule has 8 heteroatoms. The predicted octanol–water partition coefficient (Wildman–Crippen LogP) is 3.68. The molecule has 0 aromatic carbocycles. The number of ether oxygens (including phenoxy) is 1. The molecule has 2 aliphatic rings. The largest absolute Gasteiger partial charge is 0.376 e. The second-order valence-electron chi connectivity index (χ2n) is 7.03. The van der Waals surface area contributed by atoms with Crippen molar-refractivity contribution < 1.29 is 9.53 Å². The third-order valence-electron chi connectivity index (χ3n) is 4.92. The standard InChI is InChI=1S/C18H24N4O2S2/c1-11-8-15(12(2)22(11)9-14-4-3-7-24-14)16(23)10-25-18-21-20-17(26-18)19-13-5-6-13/h8,13-14H,3-7,9-10H2,1-2H3,(H,19,20)/t14-/m0/s1. The molecule has 1 atom stereocenters. The summed E-state index contributed by atoms with van der Waals surface area (Å²) in [5.74, 6) is 0.538. The molecule has 0 bridgehead atoms. The van der Waals surface area contributed by atoms with Gasteiger partial charge in [0.2, 0.25) is 5.13 Å². The first-order valence-corrected chi connectivity index (χ1v) is 10.9. The van der Waals surface area contributed by atoms with Crippen molar-refractivity contribution in [2.24, 2.45) is 0 Å². The van der Waals surface area contributed by atoms with E-state index in [0.717, 1.165) is 52.4 Å². The molecule has 0 amide bonds. The van der Waals surface area contributed by atoms with Gasteiger partial charge in [0, 0.05) is 36.1 Å². The fraction of sp³-hybridized carbons (Fsp3) is 0.611. The van der Waals surface area contributed by atoms with Gasteiger partial charge in [-0.25, -0.2) is 0 Å². The first kappa shape index (κ1) is 18.0. The lowest BCUT2D eigenvalue weighted by molar-refractivity contribution is 0.0957. The van der Waals surface area contributed by atoms with Crippen molar-refractivity contribution in [3.63, 3.8) is 0 Å². The highest BCUT2D eigenvalue weighted by molar-refractivity contribution is 8.01. The maximum atomic E-state index is 12.7. The molecular weight excluding hydrogens is 368 g/mol. The highest BCUT2D eigenvalue weighted by Crippen LogP contribution is 2.31. The highest BCUT2D eigenvalue weighted by atomic mass is 32.2. The minimum Gasteiger partial charge on any atom is -0.376 e. The maximum absolute atomic E-state index is 12.7. The van der Waals surface area contributed by atoms with E-state index in [1.54, 1.807) is 0 Å². The van der Waals surface area contributed by atoms with Crippen LogP contribution < -0.4 is 5.32 Å². The second-order valence-corrected chi connectivity index (χ2v) is 9.23. The van der Waals surface area contributed by atoms with E-state index < -0.39 is 0 Å². The monoisotopic (exact) mass is 392 g/mol. The van der Waals surface area contributed by atoms with Crippen LogP contribution in [0.3, 0.4) is 0 Å². The topological polar surface area (TPSA) is 69.0 Å². The molecule has 1 aliphatic carbocycles. The summed E-state index contributed by atoms with van der Waals surface area (Å²) in [5.41, 5.74) is 2.98. The smallest absolute Gasteiger partial charge is 0.206 e. The van der Waals surface area contributed by atoms with Crippen molar-refractivity contribution >= 4 is 34.0 Å². The van der Waals surface area contributed by atoms with Gasteiger partial charge in [-0.05, 0) is 45.6 Å². The number of carbonyl (C=O) groups excluding carboxylic acids is 1. The SMILES string of the molecule is Cc1cc(C(=O)CSc2nnc(NC3CC3)s2)c(C)n1C[C@@H]1CCCO1. The van der Waals surface area contributed by atoms with Crippen LogP contribution in [0.2, 0.25) is 0 Å². The van der Waals surface area contributed by atoms with Crippen LogP contribution >= 0.6 is 23.1 Å². The van der Waals surface area contributed by atoms with E-state index in [2.05, 4.69) is 27.0 Å². The Bertz CT molecular complexity index is 791. The molecule has 0 unspecified atom stereocenters. The van der Waals surface area contributed by atoms with Crippen molar-refractivity contribution in [3.05, 3.63) is 23.0 Å². The van der Waals surface area contributed by atoms with E-state index >= 15 is 0 Å². The average molecular weight is 393 g/mol. The number of carbonyl (C=O) groups is 1. The molecule has 2 aromatic heterocycles. The minimum atomic E-state index is 0.147. The van der Waals surface area contributed by atoms with Gasteiger partial charge >= 0.3 is 0 Å². The number of anilines is 1.